The van der Waals surface area contributed by atoms with Gasteiger partial charge in [-0.25, -0.2) is 4.98 Å². The van der Waals surface area contributed by atoms with Crippen LogP contribution in [0.15, 0.2) is 103 Å². The van der Waals surface area contributed by atoms with Crippen molar-refractivity contribution in [1.82, 2.24) is 9.55 Å². The maximum absolute atomic E-state index is 11.0. The Morgan fingerprint density at radius 1 is 0.795 bits per heavy atom. The van der Waals surface area contributed by atoms with Crippen LogP contribution in [0.3, 0.4) is 0 Å². The van der Waals surface area contributed by atoms with E-state index in [1.807, 2.05) is 65.5 Å². The van der Waals surface area contributed by atoms with Gasteiger partial charge < -0.3 is 14.9 Å². The lowest BCUT2D eigenvalue weighted by Crippen LogP contribution is -2.24. The number of nitrogens with zero attached hydrogens (tertiary/aromatic N) is 4. The van der Waals surface area contributed by atoms with Crippen LogP contribution in [-0.2, 0) is 0 Å². The first-order valence-electron chi connectivity index (χ1n) is 15.5. The van der Waals surface area contributed by atoms with Crippen LogP contribution in [0.4, 0.5) is 11.4 Å². The van der Waals surface area contributed by atoms with Crippen molar-refractivity contribution in [2.45, 2.75) is 39.4 Å². The Balaban J connectivity index is 1.66. The summed E-state index contributed by atoms with van der Waals surface area (Å²) in [5, 5.41) is 11.0. The van der Waals surface area contributed by atoms with E-state index in [1.165, 1.54) is 6.92 Å². The van der Waals surface area contributed by atoms with Gasteiger partial charge in [-0.2, -0.15) is 0 Å². The fraction of sp³-hybridized carbons (Fsp3) is 0.206. The number of fused-ring (bicyclic) bond motifs is 1. The van der Waals surface area contributed by atoms with Crippen molar-refractivity contribution in [3.05, 3.63) is 115 Å². The number of aromatic hydroxyl groups is 1. The van der Waals surface area contributed by atoms with Crippen molar-refractivity contribution < 1.29 is 12.0 Å². The lowest BCUT2D eigenvalue weighted by molar-refractivity contribution is 0.477. The fourth-order valence-electron chi connectivity index (χ4n) is 5.24. The smallest absolute Gasteiger partial charge is 0.149 e. The molecule has 1 aliphatic rings. The fourth-order valence-corrected chi connectivity index (χ4v) is 5.24. The van der Waals surface area contributed by atoms with Crippen molar-refractivity contribution in [3.63, 3.8) is 0 Å². The molecular formula is C34H34N4O. The van der Waals surface area contributed by atoms with Gasteiger partial charge in [-0.1, -0.05) is 82.2 Å². The molecule has 0 saturated heterocycles. The zero-order chi connectivity index (χ0) is 31.4. The van der Waals surface area contributed by atoms with Gasteiger partial charge in [-0.3, -0.25) is 4.57 Å². The lowest BCUT2D eigenvalue weighted by Gasteiger charge is -2.23. The van der Waals surface area contributed by atoms with E-state index in [0.717, 1.165) is 11.4 Å². The van der Waals surface area contributed by atoms with Gasteiger partial charge in [0.1, 0.15) is 17.1 Å². The van der Waals surface area contributed by atoms with Crippen LogP contribution in [0.1, 0.15) is 57.4 Å². The summed E-state index contributed by atoms with van der Waals surface area (Å²) in [6.07, 6.45) is 4.00. The van der Waals surface area contributed by atoms with Crippen LogP contribution < -0.4 is 9.80 Å². The Morgan fingerprint density at radius 2 is 1.49 bits per heavy atom. The Morgan fingerprint density at radius 3 is 2.23 bits per heavy atom. The Bertz CT molecular complexity index is 1870. The molecular weight excluding hydrogens is 480 g/mol. The van der Waals surface area contributed by atoms with Crippen LogP contribution in [0.25, 0.3) is 28.1 Å². The number of hydrogen-bond donors (Lipinski definition) is 1. The maximum atomic E-state index is 11.0. The Labute approximate surface area is 237 Å². The third kappa shape index (κ3) is 4.34. The van der Waals surface area contributed by atoms with Crippen molar-refractivity contribution in [2.75, 3.05) is 16.5 Å². The predicted molar refractivity (Wildman–Crippen MR) is 162 cm³/mol. The van der Waals surface area contributed by atoms with Crippen LogP contribution in [-0.4, -0.2) is 21.3 Å². The first kappa shape index (κ1) is 19.5. The topological polar surface area (TPSA) is 44.5 Å². The van der Waals surface area contributed by atoms with E-state index in [0.29, 0.717) is 40.3 Å². The van der Waals surface area contributed by atoms with Crippen LogP contribution in [0.2, 0.25) is 0 Å². The second-order valence-corrected chi connectivity index (χ2v) is 9.97. The molecule has 6 rings (SSSR count). The summed E-state index contributed by atoms with van der Waals surface area (Å²) in [5.41, 5.74) is 4.80. The molecule has 0 saturated carbocycles. The standard InChI is InChI=1S/C34H34N4O/c1-23(2)26-15-10-16-27(24(3)4)33(26)38-30-18-11-17-29(32(30)35-34(38)28-14-8-9-19-31(28)39)37-21-20-36(22-37)25-12-6-5-7-13-25/h5-21,23-24,39H,22H2,1-4H3/i1D3,23D,24D. The molecule has 39 heavy (non-hydrogen) atoms. The van der Waals surface area contributed by atoms with Crippen molar-refractivity contribution in [3.8, 4) is 22.8 Å². The number of benzene rings is 4. The van der Waals surface area contributed by atoms with Gasteiger partial charge in [0.05, 0.1) is 29.1 Å². The summed E-state index contributed by atoms with van der Waals surface area (Å²) in [6, 6.07) is 27.9. The molecule has 1 N–H and O–H groups in total. The summed E-state index contributed by atoms with van der Waals surface area (Å²) in [7, 11) is 0. The highest BCUT2D eigenvalue weighted by atomic mass is 16.3. The van der Waals surface area contributed by atoms with E-state index in [-0.39, 0.29) is 11.3 Å². The number of para-hydroxylation sites is 4. The molecule has 5 aromatic rings. The zero-order valence-electron chi connectivity index (χ0n) is 27.3. The number of hydrogen-bond acceptors (Lipinski definition) is 4. The normalized spacial score (nSPS) is 17.4. The third-order valence-electron chi connectivity index (χ3n) is 7.14. The molecule has 0 bridgehead atoms. The number of aromatic nitrogens is 2. The number of anilines is 2. The molecule has 1 atom stereocenters. The molecule has 1 unspecified atom stereocenters. The highest BCUT2D eigenvalue weighted by Crippen LogP contribution is 2.41. The minimum absolute atomic E-state index is 0.00977. The Kier molecular flexibility index (Phi) is 5.01. The molecule has 5 heteroatoms. The molecule has 0 radical (unpaired) electrons. The van der Waals surface area contributed by atoms with Crippen LogP contribution in [0.5, 0.6) is 5.75 Å². The van der Waals surface area contributed by atoms with Gasteiger partial charge in [0.25, 0.3) is 0 Å². The number of imidazole rings is 1. The summed E-state index contributed by atoms with van der Waals surface area (Å²) in [5.74, 6) is -2.78. The van der Waals surface area contributed by atoms with Gasteiger partial charge >= 0.3 is 0 Å². The highest BCUT2D eigenvalue weighted by Gasteiger charge is 2.26. The van der Waals surface area contributed by atoms with E-state index in [9.17, 15) is 5.11 Å². The number of rotatable bonds is 6. The average molecular weight is 520 g/mol. The monoisotopic (exact) mass is 519 g/mol. The summed E-state index contributed by atoms with van der Waals surface area (Å²) in [6.45, 7) is 2.75. The molecule has 1 aliphatic heterocycles. The average Bonchev–Trinajstić information content (AvgIpc) is 3.62. The molecule has 0 spiro atoms. The molecule has 196 valence electrons. The van der Waals surface area contributed by atoms with E-state index < -0.39 is 18.6 Å². The van der Waals surface area contributed by atoms with Gasteiger partial charge in [0.15, 0.2) is 0 Å². The summed E-state index contributed by atoms with van der Waals surface area (Å²) >= 11 is 0. The molecule has 0 amide bonds. The van der Waals surface area contributed by atoms with Gasteiger partial charge in [0, 0.05) is 24.9 Å². The quantitative estimate of drug-likeness (QED) is 0.245. The molecule has 0 aliphatic carbocycles. The summed E-state index contributed by atoms with van der Waals surface area (Å²) < 4.78 is 44.9. The summed E-state index contributed by atoms with van der Waals surface area (Å²) in [4.78, 5) is 9.32. The second-order valence-electron chi connectivity index (χ2n) is 9.97. The first-order valence-corrected chi connectivity index (χ1v) is 13.0. The van der Waals surface area contributed by atoms with Crippen molar-refractivity contribution in [2.24, 2.45) is 0 Å². The van der Waals surface area contributed by atoms with E-state index >= 15 is 0 Å². The largest absolute Gasteiger partial charge is 0.507 e. The molecule has 0 fully saturated rings. The van der Waals surface area contributed by atoms with Crippen LogP contribution >= 0.6 is 0 Å². The molecule has 1 aromatic heterocycles. The van der Waals surface area contributed by atoms with Crippen molar-refractivity contribution >= 4 is 22.4 Å². The lowest BCUT2D eigenvalue weighted by atomic mass is 9.92. The van der Waals surface area contributed by atoms with E-state index in [1.54, 1.807) is 56.3 Å². The maximum Gasteiger partial charge on any atom is 0.149 e. The second kappa shape index (κ2) is 9.99. The first-order chi connectivity index (χ1) is 20.8. The van der Waals surface area contributed by atoms with E-state index in [4.69, 9.17) is 11.8 Å². The molecule has 4 aromatic carbocycles. The van der Waals surface area contributed by atoms with E-state index in [2.05, 4.69) is 9.80 Å². The molecule has 5 nitrogen and oxygen atoms in total. The van der Waals surface area contributed by atoms with Gasteiger partial charge in [0.2, 0.25) is 0 Å². The number of phenols is 1. The minimum Gasteiger partial charge on any atom is -0.507 e. The van der Waals surface area contributed by atoms with Crippen LogP contribution in [0, 0.1) is 0 Å². The third-order valence-corrected chi connectivity index (χ3v) is 7.14. The SMILES string of the molecule is [2H]C(C)(C)c1cccc(C([2H])(C)C([2H])([2H])[2H])c1-n1c(-c2ccccc2O)nc2c(N3C=CN(c4ccccc4)C3)cccc21. The minimum atomic E-state index is -2.66. The van der Waals surface area contributed by atoms with Crippen molar-refractivity contribution in [1.29, 1.82) is 0 Å². The highest BCUT2D eigenvalue weighted by molar-refractivity contribution is 5.95. The molecule has 2 heterocycles. The number of phenolic OH excluding ortho intramolecular Hbond substituents is 1. The van der Waals surface area contributed by atoms with Gasteiger partial charge in [-0.15, -0.1) is 0 Å². The van der Waals surface area contributed by atoms with Gasteiger partial charge in [-0.05, 0) is 59.3 Å². The zero-order valence-corrected chi connectivity index (χ0v) is 22.3. The Hall–Kier alpha value is -4.51. The predicted octanol–water partition coefficient (Wildman–Crippen LogP) is 8.40.